The average molecular weight is 433 g/mol. The first kappa shape index (κ1) is 20.1. The molecule has 1 aliphatic carbocycles. The van der Waals surface area contributed by atoms with Gasteiger partial charge in [0.15, 0.2) is 0 Å². The lowest BCUT2D eigenvalue weighted by Crippen LogP contribution is -2.47. The summed E-state index contributed by atoms with van der Waals surface area (Å²) in [5.41, 5.74) is 7.07. The van der Waals surface area contributed by atoms with Crippen molar-refractivity contribution >= 4 is 28.4 Å². The van der Waals surface area contributed by atoms with Crippen LogP contribution in [0.3, 0.4) is 0 Å². The molecule has 1 fully saturated rings. The Morgan fingerprint density at radius 3 is 2.78 bits per heavy atom. The summed E-state index contributed by atoms with van der Waals surface area (Å²) in [4.78, 5) is 42.0. The molecule has 32 heavy (non-hydrogen) atoms. The first-order chi connectivity index (χ1) is 15.6. The van der Waals surface area contributed by atoms with Crippen molar-refractivity contribution in [3.63, 3.8) is 0 Å². The van der Waals surface area contributed by atoms with E-state index in [9.17, 15) is 9.59 Å². The van der Waals surface area contributed by atoms with Crippen LogP contribution in [-0.2, 0) is 0 Å². The van der Waals surface area contributed by atoms with Gasteiger partial charge in [-0.1, -0.05) is 0 Å². The van der Waals surface area contributed by atoms with Crippen molar-refractivity contribution < 1.29 is 14.0 Å². The molecule has 164 valence electrons. The van der Waals surface area contributed by atoms with Gasteiger partial charge in [-0.2, -0.15) is 0 Å². The number of hydrogen-bond donors (Lipinski definition) is 2. The highest BCUT2D eigenvalue weighted by Gasteiger charge is 2.32. The molecule has 4 heterocycles. The van der Waals surface area contributed by atoms with E-state index >= 15 is 0 Å². The quantitative estimate of drug-likeness (QED) is 0.542. The number of Topliss-reactive ketones (excluding diaryl/α,β-unsaturated/α-hetero) is 2. The summed E-state index contributed by atoms with van der Waals surface area (Å²) in [6, 6.07) is 3.83. The van der Waals surface area contributed by atoms with E-state index in [-0.39, 0.29) is 28.4 Å². The van der Waals surface area contributed by atoms with Crippen molar-refractivity contribution in [3.8, 4) is 0 Å². The van der Waals surface area contributed by atoms with Crippen molar-refractivity contribution in [3.05, 3.63) is 59.8 Å². The number of furan rings is 1. The van der Waals surface area contributed by atoms with E-state index in [1.54, 1.807) is 12.5 Å². The lowest BCUT2D eigenvalue weighted by molar-refractivity contribution is 0.0962. The molecule has 0 aromatic carbocycles. The molecule has 5 rings (SSSR count). The van der Waals surface area contributed by atoms with Crippen LogP contribution in [0.15, 0.2) is 52.9 Å². The highest BCUT2D eigenvalue weighted by Crippen LogP contribution is 2.26. The number of pyridine rings is 1. The number of allylic oxidation sites excluding steroid dienone is 2. The smallest absolute Gasteiger partial charge is 0.230 e. The van der Waals surface area contributed by atoms with Crippen LogP contribution in [-0.4, -0.2) is 70.7 Å². The molecule has 10 heteroatoms. The Morgan fingerprint density at radius 1 is 1.09 bits per heavy atom. The number of nitrogens with two attached hydrogens (primary N) is 1. The van der Waals surface area contributed by atoms with E-state index in [0.717, 1.165) is 55.9 Å². The standard InChI is InChI=1S/C22H23N7O3/c23-17-19(21(31)18-15(20(17)30)12-24-13-27-18)25-4-1-6-28-7-9-29(10-8-28)22-14-3-11-32-16(14)2-5-26-22/h2-3,5,11-13,25H,1,4,6-10,23H2. The summed E-state index contributed by atoms with van der Waals surface area (Å²) in [5.74, 6) is 0.179. The normalized spacial score (nSPS) is 17.2. The number of rotatable bonds is 6. The highest BCUT2D eigenvalue weighted by molar-refractivity contribution is 6.25. The summed E-state index contributed by atoms with van der Waals surface area (Å²) >= 11 is 0. The predicted octanol–water partition coefficient (Wildman–Crippen LogP) is 0.969. The fourth-order valence-corrected chi connectivity index (χ4v) is 4.18. The predicted molar refractivity (Wildman–Crippen MR) is 117 cm³/mol. The van der Waals surface area contributed by atoms with E-state index in [0.29, 0.717) is 6.54 Å². The summed E-state index contributed by atoms with van der Waals surface area (Å²) in [7, 11) is 0. The second kappa shape index (κ2) is 8.39. The molecule has 10 nitrogen and oxygen atoms in total. The molecule has 0 radical (unpaired) electrons. The van der Waals surface area contributed by atoms with Crippen LogP contribution in [0.25, 0.3) is 11.0 Å². The molecule has 0 amide bonds. The molecule has 0 spiro atoms. The maximum atomic E-state index is 12.6. The number of anilines is 1. The van der Waals surface area contributed by atoms with E-state index in [4.69, 9.17) is 10.2 Å². The number of fused-ring (bicyclic) bond motifs is 2. The molecule has 0 bridgehead atoms. The van der Waals surface area contributed by atoms with Crippen molar-refractivity contribution in [2.24, 2.45) is 5.73 Å². The van der Waals surface area contributed by atoms with Gasteiger partial charge in [0.25, 0.3) is 0 Å². The number of carbonyl (C=O) groups is 2. The zero-order valence-corrected chi connectivity index (χ0v) is 17.5. The Labute approximate surface area is 184 Å². The van der Waals surface area contributed by atoms with E-state index in [2.05, 4.69) is 30.1 Å². The molecule has 0 unspecified atom stereocenters. The van der Waals surface area contributed by atoms with Gasteiger partial charge < -0.3 is 20.4 Å². The third-order valence-electron chi connectivity index (χ3n) is 5.90. The van der Waals surface area contributed by atoms with Crippen LogP contribution in [0.4, 0.5) is 5.82 Å². The zero-order valence-electron chi connectivity index (χ0n) is 17.5. The van der Waals surface area contributed by atoms with E-state index < -0.39 is 5.78 Å². The molecule has 0 atom stereocenters. The minimum absolute atomic E-state index is 0.0770. The Bertz CT molecular complexity index is 1210. The van der Waals surface area contributed by atoms with Gasteiger partial charge in [0, 0.05) is 45.1 Å². The molecule has 3 aromatic rings. The van der Waals surface area contributed by atoms with Gasteiger partial charge in [0.1, 0.15) is 34.8 Å². The van der Waals surface area contributed by atoms with Gasteiger partial charge in [-0.05, 0) is 25.1 Å². The van der Waals surface area contributed by atoms with Crippen LogP contribution < -0.4 is 16.0 Å². The average Bonchev–Trinajstić information content (AvgIpc) is 3.32. The Kier molecular flexibility index (Phi) is 5.28. The first-order valence-corrected chi connectivity index (χ1v) is 10.6. The van der Waals surface area contributed by atoms with Crippen LogP contribution in [0, 0.1) is 0 Å². The Morgan fingerprint density at radius 2 is 1.94 bits per heavy atom. The summed E-state index contributed by atoms with van der Waals surface area (Å²) in [6.45, 7) is 5.01. The summed E-state index contributed by atoms with van der Waals surface area (Å²) in [6.07, 6.45) is 6.86. The van der Waals surface area contributed by atoms with Crippen molar-refractivity contribution in [2.45, 2.75) is 6.42 Å². The SMILES string of the molecule is NC1=C(NCCCN2CCN(c3nccc4occc34)CC2)C(=O)c2ncncc2C1=O. The largest absolute Gasteiger partial charge is 0.464 e. The maximum absolute atomic E-state index is 12.6. The number of hydrogen-bond acceptors (Lipinski definition) is 10. The lowest BCUT2D eigenvalue weighted by atomic mass is 9.96. The topological polar surface area (TPSA) is 130 Å². The number of piperazine rings is 1. The molecule has 3 N–H and O–H groups in total. The second-order valence-electron chi connectivity index (χ2n) is 7.81. The van der Waals surface area contributed by atoms with Gasteiger partial charge in [0.05, 0.1) is 17.2 Å². The maximum Gasteiger partial charge on any atom is 0.230 e. The summed E-state index contributed by atoms with van der Waals surface area (Å²) < 4.78 is 5.48. The van der Waals surface area contributed by atoms with Crippen molar-refractivity contribution in [1.82, 2.24) is 25.2 Å². The van der Waals surface area contributed by atoms with Crippen LogP contribution in [0.2, 0.25) is 0 Å². The number of carbonyl (C=O) groups excluding carboxylic acids is 2. The van der Waals surface area contributed by atoms with E-state index in [1.165, 1.54) is 12.5 Å². The molecular weight excluding hydrogens is 410 g/mol. The molecule has 1 aliphatic heterocycles. The third kappa shape index (κ3) is 3.58. The zero-order chi connectivity index (χ0) is 22.1. The fraction of sp³-hybridized carbons (Fsp3) is 0.318. The number of aromatic nitrogens is 3. The molecule has 2 aliphatic rings. The molecule has 1 saturated heterocycles. The minimum Gasteiger partial charge on any atom is -0.464 e. The lowest BCUT2D eigenvalue weighted by Gasteiger charge is -2.35. The van der Waals surface area contributed by atoms with Crippen LogP contribution in [0.1, 0.15) is 27.3 Å². The number of nitrogens with one attached hydrogen (secondary N) is 1. The van der Waals surface area contributed by atoms with Gasteiger partial charge in [-0.15, -0.1) is 0 Å². The van der Waals surface area contributed by atoms with Gasteiger partial charge >= 0.3 is 0 Å². The van der Waals surface area contributed by atoms with Crippen LogP contribution in [0.5, 0.6) is 0 Å². The minimum atomic E-state index is -0.417. The number of ketones is 2. The molecule has 3 aromatic heterocycles. The van der Waals surface area contributed by atoms with Crippen LogP contribution >= 0.6 is 0 Å². The monoisotopic (exact) mass is 433 g/mol. The Hall–Kier alpha value is -3.79. The molecular formula is C22H23N7O3. The first-order valence-electron chi connectivity index (χ1n) is 10.6. The van der Waals surface area contributed by atoms with Gasteiger partial charge in [0.2, 0.25) is 11.6 Å². The Balaban J connectivity index is 1.13. The van der Waals surface area contributed by atoms with Crippen molar-refractivity contribution in [1.29, 1.82) is 0 Å². The highest BCUT2D eigenvalue weighted by atomic mass is 16.3. The van der Waals surface area contributed by atoms with Crippen molar-refractivity contribution in [2.75, 3.05) is 44.2 Å². The molecule has 0 saturated carbocycles. The number of nitrogens with zero attached hydrogens (tertiary/aromatic N) is 5. The summed E-state index contributed by atoms with van der Waals surface area (Å²) in [5, 5.41) is 4.09. The third-order valence-corrected chi connectivity index (χ3v) is 5.90. The fourth-order valence-electron chi connectivity index (χ4n) is 4.18. The van der Waals surface area contributed by atoms with E-state index in [1.807, 2.05) is 12.1 Å². The van der Waals surface area contributed by atoms with Gasteiger partial charge in [-0.3, -0.25) is 14.5 Å². The van der Waals surface area contributed by atoms with Gasteiger partial charge in [-0.25, -0.2) is 15.0 Å². The second-order valence-corrected chi connectivity index (χ2v) is 7.81.